The second-order valence-corrected chi connectivity index (χ2v) is 15.5. The third-order valence-corrected chi connectivity index (χ3v) is 12.9. The van der Waals surface area contributed by atoms with Gasteiger partial charge in [0.05, 0.1) is 19.9 Å². The molecule has 3 aromatic rings. The van der Waals surface area contributed by atoms with E-state index in [0.717, 1.165) is 29.7 Å². The van der Waals surface area contributed by atoms with E-state index in [1.807, 2.05) is 6.20 Å². The van der Waals surface area contributed by atoms with E-state index < -0.39 is 7.92 Å². The molecule has 0 spiro atoms. The summed E-state index contributed by atoms with van der Waals surface area (Å²) >= 11 is 0. The van der Waals surface area contributed by atoms with Gasteiger partial charge in [-0.15, -0.1) is 0 Å². The molecular weight excluding hydrogens is 605 g/mol. The molecule has 3 atom stereocenters. The number of aryl methyl sites for hydroxylation is 4. The van der Waals surface area contributed by atoms with Crippen LogP contribution in [0.4, 0.5) is 5.69 Å². The van der Waals surface area contributed by atoms with E-state index in [4.69, 9.17) is 14.5 Å². The molecule has 2 saturated carbocycles. The van der Waals surface area contributed by atoms with Crippen LogP contribution >= 0.6 is 7.92 Å². The molecule has 0 saturated heterocycles. The zero-order valence-corrected chi connectivity index (χ0v) is 30.0. The van der Waals surface area contributed by atoms with Gasteiger partial charge in [0.1, 0.15) is 11.5 Å². The molecule has 1 heterocycles. The number of methoxy groups -OCH3 is 2. The van der Waals surface area contributed by atoms with Gasteiger partial charge in [-0.2, -0.15) is 0 Å². The number of benzene rings is 2. The first-order chi connectivity index (χ1) is 20.7. The maximum atomic E-state index is 5.81. The minimum atomic E-state index is -0.590. The first-order valence-electron chi connectivity index (χ1n) is 16.2. The number of hydrogen-bond donors (Lipinski definition) is 1. The van der Waals surface area contributed by atoms with Gasteiger partial charge in [0.25, 0.3) is 0 Å². The Kier molecular flexibility index (Phi) is 12.2. The van der Waals surface area contributed by atoms with Gasteiger partial charge >= 0.3 is 0 Å². The molecular formula is C37H54FeN3O2P. The molecule has 2 fully saturated rings. The van der Waals surface area contributed by atoms with Gasteiger partial charge in [-0.05, 0) is 148 Å². The van der Waals surface area contributed by atoms with Crippen LogP contribution in [0, 0.1) is 39.5 Å². The van der Waals surface area contributed by atoms with E-state index >= 15 is 0 Å². The van der Waals surface area contributed by atoms with Crippen LogP contribution in [0.5, 0.6) is 11.5 Å². The van der Waals surface area contributed by atoms with E-state index in [2.05, 4.69) is 88.4 Å². The van der Waals surface area contributed by atoms with Crippen LogP contribution in [0.3, 0.4) is 0 Å². The normalized spacial score (nSPS) is 19.2. The summed E-state index contributed by atoms with van der Waals surface area (Å²) in [6.07, 6.45) is 11.2. The zero-order valence-electron chi connectivity index (χ0n) is 28.0. The van der Waals surface area contributed by atoms with Crippen molar-refractivity contribution < 1.29 is 28.0 Å². The van der Waals surface area contributed by atoms with Crippen LogP contribution in [0.2, 0.25) is 0 Å². The van der Waals surface area contributed by atoms with E-state index in [1.165, 1.54) is 83.5 Å². The number of nitrogens with one attached hydrogen (secondary N) is 1. The van der Waals surface area contributed by atoms with Gasteiger partial charge < -0.3 is 19.7 Å². The third-order valence-electron chi connectivity index (χ3n) is 9.92. The Hall–Kier alpha value is -2.10. The number of rotatable bonds is 11. The minimum Gasteiger partial charge on any atom is -0.496 e. The fourth-order valence-corrected chi connectivity index (χ4v) is 11.6. The second kappa shape index (κ2) is 15.5. The first-order valence-corrected chi connectivity index (χ1v) is 17.6. The maximum absolute atomic E-state index is 5.81. The van der Waals surface area contributed by atoms with Crippen LogP contribution in [-0.2, 0) is 23.6 Å². The largest absolute Gasteiger partial charge is 0.496 e. The molecule has 242 valence electrons. The molecule has 0 bridgehead atoms. The van der Waals surface area contributed by atoms with Crippen LogP contribution in [0.15, 0.2) is 42.6 Å². The van der Waals surface area contributed by atoms with Crippen LogP contribution in [0.1, 0.15) is 74.3 Å². The van der Waals surface area contributed by atoms with Crippen molar-refractivity contribution >= 4 is 24.2 Å². The van der Waals surface area contributed by atoms with Crippen LogP contribution < -0.4 is 30.3 Å². The predicted molar refractivity (Wildman–Crippen MR) is 186 cm³/mol. The van der Waals surface area contributed by atoms with E-state index in [9.17, 15) is 0 Å². The zero-order chi connectivity index (χ0) is 30.7. The topological polar surface area (TPSA) is 46.6 Å². The van der Waals surface area contributed by atoms with Gasteiger partial charge in [0.15, 0.2) is 0 Å². The van der Waals surface area contributed by atoms with Gasteiger partial charge in [0, 0.05) is 57.1 Å². The molecule has 2 aliphatic carbocycles. The minimum absolute atomic E-state index is 0. The van der Waals surface area contributed by atoms with Gasteiger partial charge in [0.2, 0.25) is 0 Å². The van der Waals surface area contributed by atoms with Crippen molar-refractivity contribution in [3.63, 3.8) is 0 Å². The van der Waals surface area contributed by atoms with Crippen molar-refractivity contribution in [2.75, 3.05) is 33.2 Å². The molecule has 0 aliphatic heterocycles. The van der Waals surface area contributed by atoms with Crippen molar-refractivity contribution in [2.45, 2.75) is 90.9 Å². The van der Waals surface area contributed by atoms with Gasteiger partial charge in [-0.1, -0.05) is 19.3 Å². The van der Waals surface area contributed by atoms with Gasteiger partial charge in [-0.3, -0.25) is 4.98 Å². The molecule has 0 amide bonds. The number of aromatic nitrogens is 1. The Labute approximate surface area is 279 Å². The second-order valence-electron chi connectivity index (χ2n) is 13.1. The Balaban J connectivity index is 0.00000276. The number of ether oxygens (including phenoxy) is 2. The molecule has 2 aliphatic rings. The van der Waals surface area contributed by atoms with Crippen LogP contribution in [-0.4, -0.2) is 45.0 Å². The summed E-state index contributed by atoms with van der Waals surface area (Å²) in [5.74, 6) is 3.40. The molecule has 1 aromatic heterocycles. The van der Waals surface area contributed by atoms with E-state index in [1.54, 1.807) is 14.2 Å². The van der Waals surface area contributed by atoms with Crippen molar-refractivity contribution in [3.8, 4) is 11.5 Å². The smallest absolute Gasteiger partial charge is 0.124 e. The number of anilines is 1. The first kappa shape index (κ1) is 34.8. The quantitative estimate of drug-likeness (QED) is 0.170. The Morgan fingerprint density at radius 2 is 1.39 bits per heavy atom. The fraction of sp³-hybridized carbons (Fsp3) is 0.541. The molecule has 44 heavy (non-hydrogen) atoms. The molecule has 2 unspecified atom stereocenters. The number of nitrogens with zero attached hydrogens (tertiary/aromatic N) is 2. The average Bonchev–Trinajstić information content (AvgIpc) is 3.67. The third kappa shape index (κ3) is 7.47. The predicted octanol–water partition coefficient (Wildman–Crippen LogP) is 7.59. The summed E-state index contributed by atoms with van der Waals surface area (Å²) in [5.41, 5.74) is 7.90. The maximum Gasteiger partial charge on any atom is 0.124 e. The monoisotopic (exact) mass is 659 g/mol. The van der Waals surface area contributed by atoms with E-state index in [-0.39, 0.29) is 18.5 Å². The van der Waals surface area contributed by atoms with E-state index in [0.29, 0.717) is 17.6 Å². The Morgan fingerprint density at radius 3 is 1.89 bits per heavy atom. The van der Waals surface area contributed by atoms with Crippen molar-refractivity contribution in [1.29, 1.82) is 0 Å². The number of hydrogen-bond acceptors (Lipinski definition) is 5. The Morgan fingerprint density at radius 1 is 0.841 bits per heavy atom. The van der Waals surface area contributed by atoms with Crippen molar-refractivity contribution in [1.82, 2.24) is 10.3 Å². The molecule has 5 rings (SSSR count). The number of pyridine rings is 1. The summed E-state index contributed by atoms with van der Waals surface area (Å²) in [4.78, 5) is 6.92. The molecule has 7 heteroatoms. The van der Waals surface area contributed by atoms with Crippen LogP contribution in [0.25, 0.3) is 0 Å². The fourth-order valence-electron chi connectivity index (χ4n) is 8.06. The summed E-state index contributed by atoms with van der Waals surface area (Å²) in [5, 5.41) is 7.11. The molecule has 0 radical (unpaired) electrons. The summed E-state index contributed by atoms with van der Waals surface area (Å²) < 4.78 is 11.6. The molecule has 2 aromatic carbocycles. The Bertz CT molecular complexity index is 1310. The molecule has 5 nitrogen and oxygen atoms in total. The average molecular weight is 660 g/mol. The van der Waals surface area contributed by atoms with Crippen molar-refractivity contribution in [2.24, 2.45) is 11.8 Å². The van der Waals surface area contributed by atoms with Gasteiger partial charge in [-0.25, -0.2) is 0 Å². The SMILES string of the molecule is COc1c(C)cc(P(c2cc(C)c(OC)c(C)c2)C2CCCC2[C@H](NCc2cc(N(C)C)ccn2)C2CCCC2)cc1C.[Fe].[HH]. The van der Waals surface area contributed by atoms with Crippen molar-refractivity contribution in [3.05, 3.63) is 70.5 Å². The molecule has 1 N–H and O–H groups in total. The summed E-state index contributed by atoms with van der Waals surface area (Å²) in [7, 11) is 7.20. The summed E-state index contributed by atoms with van der Waals surface area (Å²) in [6.45, 7) is 9.65. The standard InChI is InChI=1S/C37H52N3O2P.Fe.H2/c1-24-18-31(19-25(2)36(24)41-7)43(32-20-26(3)37(42-8)27(4)21-32)34-15-11-14-33(34)35(28-12-9-10-13-28)39-23-29-22-30(40(5)6)16-17-38-29;;/h16-22,28,33-35,39H,9-15,23H2,1-8H3;;1H/t33?,34?,35-;;/m1../s1. The summed E-state index contributed by atoms with van der Waals surface area (Å²) in [6, 6.07) is 14.5.